The van der Waals surface area contributed by atoms with Crippen LogP contribution in [0, 0.1) is 12.8 Å². The van der Waals surface area contributed by atoms with E-state index in [1.54, 1.807) is 6.07 Å². The standard InChI is InChI=1S/C24H29N3O2/c1-17(2)15-25-24(28)22-10-9-20(29-22)16-27-13-12-26-11-5-8-21(26)23(27)19-7-4-6-18(3)14-19/h4-11,14,17,23H,12-13,15-16H2,1-3H3,(H,25,28)/p+1/t23-/m1/s1. The third-order valence-electron chi connectivity index (χ3n) is 5.58. The SMILES string of the molecule is Cc1cccc([C@@H]2c3cccn3CC[NH+]2Cc2ccc(C(=O)NCC(C)C)o2)c1. The lowest BCUT2D eigenvalue weighted by Crippen LogP contribution is -3.12. The lowest BCUT2D eigenvalue weighted by atomic mass is 9.98. The molecule has 5 nitrogen and oxygen atoms in total. The Labute approximate surface area is 172 Å². The molecule has 0 radical (unpaired) electrons. The number of amides is 1. The normalized spacial score (nSPS) is 18.6. The largest absolute Gasteiger partial charge is 0.450 e. The van der Waals surface area contributed by atoms with Gasteiger partial charge in [-0.05, 0) is 43.2 Å². The molecule has 4 rings (SSSR count). The number of fused-ring (bicyclic) bond motifs is 1. The van der Waals surface area contributed by atoms with Crippen molar-refractivity contribution >= 4 is 5.91 Å². The van der Waals surface area contributed by atoms with Crippen LogP contribution >= 0.6 is 0 Å². The fourth-order valence-electron chi connectivity index (χ4n) is 4.16. The minimum Gasteiger partial charge on any atom is -0.450 e. The van der Waals surface area contributed by atoms with Gasteiger partial charge in [0.15, 0.2) is 17.6 Å². The summed E-state index contributed by atoms with van der Waals surface area (Å²) in [4.78, 5) is 13.7. The smallest absolute Gasteiger partial charge is 0.287 e. The van der Waals surface area contributed by atoms with Crippen molar-refractivity contribution in [3.8, 4) is 0 Å². The van der Waals surface area contributed by atoms with E-state index in [0.29, 0.717) is 18.2 Å². The number of aromatic nitrogens is 1. The number of hydrogen-bond donors (Lipinski definition) is 2. The summed E-state index contributed by atoms with van der Waals surface area (Å²) in [6, 6.07) is 17.1. The summed E-state index contributed by atoms with van der Waals surface area (Å²) in [7, 11) is 0. The van der Waals surface area contributed by atoms with Crippen LogP contribution in [0.15, 0.2) is 59.1 Å². The second-order valence-electron chi connectivity index (χ2n) is 8.43. The molecule has 3 heterocycles. The second kappa shape index (κ2) is 8.29. The van der Waals surface area contributed by atoms with E-state index in [1.807, 2.05) is 6.07 Å². The summed E-state index contributed by atoms with van der Waals surface area (Å²) in [5.74, 6) is 1.53. The lowest BCUT2D eigenvalue weighted by Gasteiger charge is -2.34. The number of nitrogens with zero attached hydrogens (tertiary/aromatic N) is 1. The van der Waals surface area contributed by atoms with Crippen molar-refractivity contribution in [1.82, 2.24) is 9.88 Å². The van der Waals surface area contributed by atoms with Crippen LogP contribution in [0.4, 0.5) is 0 Å². The minimum atomic E-state index is -0.136. The average Bonchev–Trinajstić information content (AvgIpc) is 3.35. The number of nitrogens with one attached hydrogen (secondary N) is 2. The molecule has 29 heavy (non-hydrogen) atoms. The van der Waals surface area contributed by atoms with E-state index in [1.165, 1.54) is 21.7 Å². The third-order valence-corrected chi connectivity index (χ3v) is 5.58. The van der Waals surface area contributed by atoms with E-state index in [0.717, 1.165) is 25.4 Å². The summed E-state index contributed by atoms with van der Waals surface area (Å²) >= 11 is 0. The zero-order valence-electron chi connectivity index (χ0n) is 17.4. The highest BCUT2D eigenvalue weighted by atomic mass is 16.4. The number of quaternary nitrogens is 1. The predicted octanol–water partition coefficient (Wildman–Crippen LogP) is 2.96. The summed E-state index contributed by atoms with van der Waals surface area (Å²) < 4.78 is 8.27. The Balaban J connectivity index is 1.55. The molecule has 3 aromatic rings. The molecule has 152 valence electrons. The Morgan fingerprint density at radius 3 is 2.90 bits per heavy atom. The number of benzene rings is 1. The van der Waals surface area contributed by atoms with Gasteiger partial charge in [0.1, 0.15) is 6.54 Å². The maximum Gasteiger partial charge on any atom is 0.287 e. The molecular weight excluding hydrogens is 362 g/mol. The van der Waals surface area contributed by atoms with E-state index >= 15 is 0 Å². The van der Waals surface area contributed by atoms with Crippen molar-refractivity contribution < 1.29 is 14.1 Å². The first-order valence-corrected chi connectivity index (χ1v) is 10.4. The average molecular weight is 393 g/mol. The van der Waals surface area contributed by atoms with E-state index in [2.05, 4.69) is 73.3 Å². The fourth-order valence-corrected chi connectivity index (χ4v) is 4.16. The van der Waals surface area contributed by atoms with E-state index in [4.69, 9.17) is 4.42 Å². The van der Waals surface area contributed by atoms with Crippen molar-refractivity contribution in [1.29, 1.82) is 0 Å². The van der Waals surface area contributed by atoms with Gasteiger partial charge in [0.25, 0.3) is 5.91 Å². The van der Waals surface area contributed by atoms with Crippen LogP contribution in [0.3, 0.4) is 0 Å². The van der Waals surface area contributed by atoms with Crippen LogP contribution in [-0.4, -0.2) is 23.6 Å². The number of carbonyl (C=O) groups excluding carboxylic acids is 1. The van der Waals surface area contributed by atoms with Gasteiger partial charge in [0, 0.05) is 18.3 Å². The van der Waals surface area contributed by atoms with Gasteiger partial charge in [0.2, 0.25) is 0 Å². The molecule has 1 aliphatic heterocycles. The van der Waals surface area contributed by atoms with Crippen molar-refractivity contribution in [2.24, 2.45) is 5.92 Å². The molecular formula is C24H30N3O2+. The molecule has 5 heteroatoms. The van der Waals surface area contributed by atoms with E-state index in [-0.39, 0.29) is 11.9 Å². The first-order chi connectivity index (χ1) is 14.0. The highest BCUT2D eigenvalue weighted by Crippen LogP contribution is 2.23. The van der Waals surface area contributed by atoms with E-state index < -0.39 is 0 Å². The Morgan fingerprint density at radius 2 is 2.10 bits per heavy atom. The summed E-state index contributed by atoms with van der Waals surface area (Å²) in [6.07, 6.45) is 2.17. The summed E-state index contributed by atoms with van der Waals surface area (Å²) in [5.41, 5.74) is 3.92. The number of carbonyl (C=O) groups is 1. The van der Waals surface area contributed by atoms with Gasteiger partial charge in [-0.2, -0.15) is 0 Å². The Morgan fingerprint density at radius 1 is 1.24 bits per heavy atom. The van der Waals surface area contributed by atoms with Gasteiger partial charge < -0.3 is 19.2 Å². The Bertz CT molecular complexity index is 985. The molecule has 0 saturated heterocycles. The van der Waals surface area contributed by atoms with Crippen LogP contribution in [-0.2, 0) is 13.1 Å². The van der Waals surface area contributed by atoms with Gasteiger partial charge in [-0.25, -0.2) is 0 Å². The molecule has 0 fully saturated rings. The van der Waals surface area contributed by atoms with Gasteiger partial charge in [0.05, 0.1) is 18.8 Å². The van der Waals surface area contributed by atoms with Gasteiger partial charge in [-0.15, -0.1) is 0 Å². The molecule has 1 aromatic carbocycles. The molecule has 2 aromatic heterocycles. The van der Waals surface area contributed by atoms with Crippen LogP contribution in [0.25, 0.3) is 0 Å². The molecule has 1 aliphatic rings. The molecule has 0 bridgehead atoms. The first kappa shape index (κ1) is 19.5. The summed E-state index contributed by atoms with van der Waals surface area (Å²) in [6.45, 7) is 9.70. The van der Waals surface area contributed by atoms with Crippen molar-refractivity contribution in [2.75, 3.05) is 13.1 Å². The van der Waals surface area contributed by atoms with Crippen molar-refractivity contribution in [2.45, 2.75) is 39.9 Å². The minimum absolute atomic E-state index is 0.136. The quantitative estimate of drug-likeness (QED) is 0.678. The Kier molecular flexibility index (Phi) is 5.58. The van der Waals surface area contributed by atoms with Gasteiger partial charge in [-0.1, -0.05) is 37.6 Å². The molecule has 2 N–H and O–H groups in total. The highest BCUT2D eigenvalue weighted by Gasteiger charge is 2.33. The zero-order chi connectivity index (χ0) is 20.4. The molecule has 0 aliphatic carbocycles. The summed E-state index contributed by atoms with van der Waals surface area (Å²) in [5, 5.41) is 2.92. The van der Waals surface area contributed by atoms with Gasteiger partial charge >= 0.3 is 0 Å². The number of aryl methyl sites for hydroxylation is 1. The Hall–Kier alpha value is -2.79. The van der Waals surface area contributed by atoms with Crippen molar-refractivity contribution in [3.05, 3.63) is 83.1 Å². The van der Waals surface area contributed by atoms with Crippen LogP contribution in [0.2, 0.25) is 0 Å². The van der Waals surface area contributed by atoms with E-state index in [9.17, 15) is 4.79 Å². The molecule has 2 atom stereocenters. The van der Waals surface area contributed by atoms with Gasteiger partial charge in [-0.3, -0.25) is 4.79 Å². The number of furan rings is 1. The molecule has 0 spiro atoms. The number of rotatable bonds is 6. The monoisotopic (exact) mass is 392 g/mol. The molecule has 0 saturated carbocycles. The van der Waals surface area contributed by atoms with Crippen molar-refractivity contribution in [3.63, 3.8) is 0 Å². The number of hydrogen-bond acceptors (Lipinski definition) is 2. The second-order valence-corrected chi connectivity index (χ2v) is 8.43. The zero-order valence-corrected chi connectivity index (χ0v) is 17.4. The predicted molar refractivity (Wildman–Crippen MR) is 113 cm³/mol. The maximum atomic E-state index is 12.3. The highest BCUT2D eigenvalue weighted by molar-refractivity contribution is 5.91. The van der Waals surface area contributed by atoms with Crippen LogP contribution < -0.4 is 10.2 Å². The molecule has 1 amide bonds. The topological polar surface area (TPSA) is 51.6 Å². The lowest BCUT2D eigenvalue weighted by molar-refractivity contribution is -0.944. The van der Waals surface area contributed by atoms with Crippen LogP contribution in [0.1, 0.15) is 53.0 Å². The molecule has 1 unspecified atom stereocenters. The third kappa shape index (κ3) is 4.30. The van der Waals surface area contributed by atoms with Crippen LogP contribution in [0.5, 0.6) is 0 Å². The maximum absolute atomic E-state index is 12.3. The first-order valence-electron chi connectivity index (χ1n) is 10.4. The fraction of sp³-hybridized carbons (Fsp3) is 0.375.